The van der Waals surface area contributed by atoms with Crippen molar-refractivity contribution in [1.82, 2.24) is 15.5 Å². The van der Waals surface area contributed by atoms with E-state index >= 15 is 0 Å². The summed E-state index contributed by atoms with van der Waals surface area (Å²) in [5, 5.41) is 6.23. The predicted octanol–water partition coefficient (Wildman–Crippen LogP) is 3.47. The molecule has 0 radical (unpaired) electrons. The van der Waals surface area contributed by atoms with E-state index in [1.54, 1.807) is 0 Å². The molecular formula is C20H31F2IN4O. The maximum Gasteiger partial charge on any atom is 0.222 e. The number of nitrogens with one attached hydrogen (secondary N) is 2. The Hall–Kier alpha value is -1.45. The molecular weight excluding hydrogens is 477 g/mol. The van der Waals surface area contributed by atoms with Gasteiger partial charge in [-0.25, -0.2) is 8.78 Å². The zero-order chi connectivity index (χ0) is 19.5. The van der Waals surface area contributed by atoms with Gasteiger partial charge in [0.25, 0.3) is 0 Å². The molecule has 0 unspecified atom stereocenters. The number of rotatable bonds is 8. The molecule has 0 aliphatic carbocycles. The number of carbonyl (C=O) groups excluding carboxylic acids is 1. The van der Waals surface area contributed by atoms with Gasteiger partial charge in [-0.1, -0.05) is 12.5 Å². The van der Waals surface area contributed by atoms with Crippen molar-refractivity contribution < 1.29 is 13.6 Å². The molecule has 1 heterocycles. The molecule has 1 aliphatic heterocycles. The van der Waals surface area contributed by atoms with Crippen LogP contribution in [0, 0.1) is 11.6 Å². The third kappa shape index (κ3) is 8.28. The molecule has 1 aromatic rings. The van der Waals surface area contributed by atoms with Crippen LogP contribution in [0.15, 0.2) is 23.2 Å². The third-order valence-corrected chi connectivity index (χ3v) is 4.60. The summed E-state index contributed by atoms with van der Waals surface area (Å²) in [5.41, 5.74) is 0.0838. The molecule has 0 aromatic heterocycles. The zero-order valence-electron chi connectivity index (χ0n) is 16.5. The quantitative estimate of drug-likeness (QED) is 0.245. The molecule has 0 saturated carbocycles. The Bertz CT molecular complexity index is 622. The first-order chi connectivity index (χ1) is 13.1. The van der Waals surface area contributed by atoms with Gasteiger partial charge in [-0.15, -0.1) is 24.0 Å². The fourth-order valence-electron chi connectivity index (χ4n) is 3.15. The lowest BCUT2D eigenvalue weighted by Gasteiger charge is -2.20. The molecule has 0 bridgehead atoms. The van der Waals surface area contributed by atoms with Gasteiger partial charge in [-0.2, -0.15) is 0 Å². The number of hydrogen-bond donors (Lipinski definition) is 2. The van der Waals surface area contributed by atoms with E-state index in [-0.39, 0.29) is 41.9 Å². The number of amides is 1. The van der Waals surface area contributed by atoms with Gasteiger partial charge in [-0.3, -0.25) is 9.79 Å². The van der Waals surface area contributed by atoms with E-state index in [2.05, 4.69) is 15.6 Å². The summed E-state index contributed by atoms with van der Waals surface area (Å²) in [6.07, 6.45) is 4.88. The molecule has 1 aliphatic rings. The molecule has 0 atom stereocenters. The van der Waals surface area contributed by atoms with Crippen LogP contribution in [0.3, 0.4) is 0 Å². The number of guanidine groups is 1. The number of likely N-dealkylation sites (tertiary alicyclic amines) is 1. The topological polar surface area (TPSA) is 56.7 Å². The molecule has 158 valence electrons. The van der Waals surface area contributed by atoms with Crippen LogP contribution in [-0.2, 0) is 11.2 Å². The number of benzene rings is 1. The molecule has 2 N–H and O–H groups in total. The van der Waals surface area contributed by atoms with Crippen molar-refractivity contribution in [1.29, 1.82) is 0 Å². The minimum Gasteiger partial charge on any atom is -0.357 e. The summed E-state index contributed by atoms with van der Waals surface area (Å²) in [7, 11) is 0. The lowest BCUT2D eigenvalue weighted by Crippen LogP contribution is -2.38. The van der Waals surface area contributed by atoms with E-state index in [1.165, 1.54) is 18.2 Å². The summed E-state index contributed by atoms with van der Waals surface area (Å²) < 4.78 is 27.3. The van der Waals surface area contributed by atoms with Gasteiger partial charge < -0.3 is 15.5 Å². The molecule has 1 saturated heterocycles. The van der Waals surface area contributed by atoms with Crippen LogP contribution in [0.25, 0.3) is 0 Å². The Kier molecular flexibility index (Phi) is 12.0. The number of nitrogens with zero attached hydrogens (tertiary/aromatic N) is 2. The molecule has 5 nitrogen and oxygen atoms in total. The molecule has 1 fully saturated rings. The van der Waals surface area contributed by atoms with Crippen LogP contribution >= 0.6 is 24.0 Å². The molecule has 0 spiro atoms. The van der Waals surface area contributed by atoms with Crippen LogP contribution < -0.4 is 10.6 Å². The molecule has 1 aromatic carbocycles. The first-order valence-electron chi connectivity index (χ1n) is 9.84. The Morgan fingerprint density at radius 3 is 2.64 bits per heavy atom. The van der Waals surface area contributed by atoms with E-state index in [0.717, 1.165) is 38.8 Å². The van der Waals surface area contributed by atoms with E-state index in [9.17, 15) is 13.6 Å². The van der Waals surface area contributed by atoms with E-state index in [1.807, 2.05) is 11.8 Å². The second kappa shape index (κ2) is 13.7. The number of hydrogen-bond acceptors (Lipinski definition) is 2. The average molecular weight is 508 g/mol. The first kappa shape index (κ1) is 24.6. The van der Waals surface area contributed by atoms with Gasteiger partial charge in [0.2, 0.25) is 5.91 Å². The van der Waals surface area contributed by atoms with Crippen molar-refractivity contribution in [2.75, 3.05) is 32.7 Å². The van der Waals surface area contributed by atoms with Gasteiger partial charge in [0, 0.05) is 44.7 Å². The molecule has 8 heteroatoms. The minimum atomic E-state index is -0.527. The van der Waals surface area contributed by atoms with Crippen LogP contribution in [0.2, 0.25) is 0 Å². The highest BCUT2D eigenvalue weighted by Crippen LogP contribution is 2.12. The third-order valence-electron chi connectivity index (χ3n) is 4.60. The summed E-state index contributed by atoms with van der Waals surface area (Å²) >= 11 is 0. The minimum absolute atomic E-state index is 0. The fourth-order valence-corrected chi connectivity index (χ4v) is 3.15. The number of carbonyl (C=O) groups is 1. The SMILES string of the molecule is CCNC(=NCCCN1CCCCCC1=O)NCCc1c(F)cccc1F.I. The maximum atomic E-state index is 13.7. The largest absolute Gasteiger partial charge is 0.357 e. The van der Waals surface area contributed by atoms with Gasteiger partial charge >= 0.3 is 0 Å². The van der Waals surface area contributed by atoms with Crippen molar-refractivity contribution in [3.05, 3.63) is 35.4 Å². The standard InChI is InChI=1S/C20H30F2N4O.HI/c1-2-23-20(25-13-11-16-17(21)8-6-9-18(16)22)24-12-7-15-26-14-5-3-4-10-19(26)27;/h6,8-9H,2-5,7,10-15H2,1H3,(H2,23,24,25);1H. The smallest absolute Gasteiger partial charge is 0.222 e. The summed E-state index contributed by atoms with van der Waals surface area (Å²) in [5.74, 6) is -0.188. The van der Waals surface area contributed by atoms with Crippen molar-refractivity contribution in [2.24, 2.45) is 4.99 Å². The van der Waals surface area contributed by atoms with Crippen LogP contribution in [-0.4, -0.2) is 49.5 Å². The van der Waals surface area contributed by atoms with Crippen molar-refractivity contribution >= 4 is 35.8 Å². The Morgan fingerprint density at radius 2 is 1.93 bits per heavy atom. The lowest BCUT2D eigenvalue weighted by atomic mass is 10.1. The van der Waals surface area contributed by atoms with Gasteiger partial charge in [0.05, 0.1) is 0 Å². The van der Waals surface area contributed by atoms with Crippen molar-refractivity contribution in [3.8, 4) is 0 Å². The number of aliphatic imine (C=N–C) groups is 1. The highest BCUT2D eigenvalue weighted by atomic mass is 127. The van der Waals surface area contributed by atoms with Gasteiger partial charge in [-0.05, 0) is 44.7 Å². The van der Waals surface area contributed by atoms with Crippen LogP contribution in [0.5, 0.6) is 0 Å². The van der Waals surface area contributed by atoms with Crippen LogP contribution in [0.1, 0.15) is 44.6 Å². The van der Waals surface area contributed by atoms with Crippen molar-refractivity contribution in [3.63, 3.8) is 0 Å². The van der Waals surface area contributed by atoms with Gasteiger partial charge in [0.15, 0.2) is 5.96 Å². The molecule has 28 heavy (non-hydrogen) atoms. The summed E-state index contributed by atoms with van der Waals surface area (Å²) in [4.78, 5) is 18.4. The van der Waals surface area contributed by atoms with Crippen molar-refractivity contribution in [2.45, 2.75) is 45.4 Å². The monoisotopic (exact) mass is 508 g/mol. The first-order valence-corrected chi connectivity index (χ1v) is 9.84. The lowest BCUT2D eigenvalue weighted by molar-refractivity contribution is -0.130. The zero-order valence-corrected chi connectivity index (χ0v) is 18.8. The average Bonchev–Trinajstić information content (AvgIpc) is 2.85. The predicted molar refractivity (Wildman–Crippen MR) is 119 cm³/mol. The Balaban J connectivity index is 0.00000392. The van der Waals surface area contributed by atoms with E-state index in [4.69, 9.17) is 0 Å². The summed E-state index contributed by atoms with van der Waals surface area (Å²) in [6, 6.07) is 3.89. The Labute approximate surface area is 183 Å². The Morgan fingerprint density at radius 1 is 1.18 bits per heavy atom. The van der Waals surface area contributed by atoms with E-state index < -0.39 is 11.6 Å². The van der Waals surface area contributed by atoms with Crippen LogP contribution in [0.4, 0.5) is 8.78 Å². The molecule has 2 rings (SSSR count). The fraction of sp³-hybridized carbons (Fsp3) is 0.600. The second-order valence-electron chi connectivity index (χ2n) is 6.68. The summed E-state index contributed by atoms with van der Waals surface area (Å²) in [6.45, 7) is 5.20. The highest BCUT2D eigenvalue weighted by Gasteiger charge is 2.15. The normalized spacial score (nSPS) is 15.0. The molecule has 1 amide bonds. The maximum absolute atomic E-state index is 13.7. The van der Waals surface area contributed by atoms with Gasteiger partial charge in [0.1, 0.15) is 11.6 Å². The van der Waals surface area contributed by atoms with E-state index in [0.29, 0.717) is 32.0 Å². The highest BCUT2D eigenvalue weighted by molar-refractivity contribution is 14.0. The second-order valence-corrected chi connectivity index (χ2v) is 6.68. The number of halogens is 3.